The zero-order valence-electron chi connectivity index (χ0n) is 15.6. The van der Waals surface area contributed by atoms with Crippen molar-refractivity contribution < 1.29 is 13.2 Å². The molecule has 0 radical (unpaired) electrons. The van der Waals surface area contributed by atoms with Gasteiger partial charge >= 0.3 is 0 Å². The van der Waals surface area contributed by atoms with Crippen molar-refractivity contribution in [2.45, 2.75) is 24.7 Å². The van der Waals surface area contributed by atoms with E-state index < -0.39 is 10.0 Å². The number of hydrogen-bond donors (Lipinski definition) is 2. The normalized spacial score (nSPS) is 11.4. The maximum Gasteiger partial charge on any atom is 0.240 e. The van der Waals surface area contributed by atoms with Gasteiger partial charge in [0.1, 0.15) is 5.01 Å². The highest BCUT2D eigenvalue weighted by Gasteiger charge is 2.14. The van der Waals surface area contributed by atoms with Gasteiger partial charge in [0, 0.05) is 17.4 Å². The van der Waals surface area contributed by atoms with Gasteiger partial charge in [-0.3, -0.25) is 4.79 Å². The van der Waals surface area contributed by atoms with Crippen molar-refractivity contribution in [3.63, 3.8) is 0 Å². The van der Waals surface area contributed by atoms with Gasteiger partial charge in [-0.05, 0) is 36.8 Å². The lowest BCUT2D eigenvalue weighted by atomic mass is 10.1. The molecule has 2 N–H and O–H groups in total. The van der Waals surface area contributed by atoms with E-state index in [0.717, 1.165) is 15.6 Å². The standard InChI is InChI=1S/C19H19BrN4O3S2/c1-13-2-8-16(9-3-13)29(26,27)21-11-10-18-23-24-19(28-18)22-17(25)12-14-4-6-15(20)7-5-14/h2-9,21H,10-12H2,1H3,(H,22,24,25). The molecule has 0 atom stereocenters. The molecule has 0 bridgehead atoms. The molecule has 0 aliphatic carbocycles. The van der Waals surface area contributed by atoms with Gasteiger partial charge in [0.05, 0.1) is 11.3 Å². The summed E-state index contributed by atoms with van der Waals surface area (Å²) < 4.78 is 28.1. The van der Waals surface area contributed by atoms with Gasteiger partial charge in [0.25, 0.3) is 0 Å². The maximum atomic E-state index is 12.3. The number of amides is 1. The molecule has 0 fully saturated rings. The molecule has 29 heavy (non-hydrogen) atoms. The van der Waals surface area contributed by atoms with Gasteiger partial charge in [-0.1, -0.05) is 57.1 Å². The predicted octanol–water partition coefficient (Wildman–Crippen LogP) is 3.31. The summed E-state index contributed by atoms with van der Waals surface area (Å²) in [5.41, 5.74) is 1.88. The number of halogens is 1. The zero-order valence-corrected chi connectivity index (χ0v) is 18.8. The molecule has 1 amide bonds. The molecule has 0 saturated carbocycles. The number of anilines is 1. The van der Waals surface area contributed by atoms with Gasteiger partial charge in [0.15, 0.2) is 0 Å². The maximum absolute atomic E-state index is 12.3. The molecule has 2 aromatic carbocycles. The number of hydrogen-bond acceptors (Lipinski definition) is 6. The fourth-order valence-electron chi connectivity index (χ4n) is 2.45. The van der Waals surface area contributed by atoms with Crippen molar-refractivity contribution in [1.82, 2.24) is 14.9 Å². The molecule has 3 rings (SSSR count). The lowest BCUT2D eigenvalue weighted by molar-refractivity contribution is -0.115. The minimum atomic E-state index is -3.56. The Morgan fingerprint density at radius 3 is 2.45 bits per heavy atom. The summed E-state index contributed by atoms with van der Waals surface area (Å²) in [6, 6.07) is 14.1. The Hall–Kier alpha value is -2.14. The average Bonchev–Trinajstić information content (AvgIpc) is 3.11. The lowest BCUT2D eigenvalue weighted by Gasteiger charge is -2.05. The SMILES string of the molecule is Cc1ccc(S(=O)(=O)NCCc2nnc(NC(=O)Cc3ccc(Br)cc3)s2)cc1. The van der Waals surface area contributed by atoms with E-state index >= 15 is 0 Å². The summed E-state index contributed by atoms with van der Waals surface area (Å²) in [5.74, 6) is -0.185. The van der Waals surface area contributed by atoms with Crippen LogP contribution in [0.2, 0.25) is 0 Å². The van der Waals surface area contributed by atoms with Crippen LogP contribution < -0.4 is 10.0 Å². The van der Waals surface area contributed by atoms with Crippen LogP contribution in [0.15, 0.2) is 57.9 Å². The Bertz CT molecular complexity index is 1080. The van der Waals surface area contributed by atoms with Gasteiger partial charge in [0.2, 0.25) is 21.1 Å². The fourth-order valence-corrected chi connectivity index (χ4v) is 4.50. The molecule has 0 spiro atoms. The summed E-state index contributed by atoms with van der Waals surface area (Å²) in [6.07, 6.45) is 0.615. The van der Waals surface area contributed by atoms with Gasteiger partial charge in [-0.15, -0.1) is 10.2 Å². The van der Waals surface area contributed by atoms with E-state index in [1.807, 2.05) is 31.2 Å². The molecule has 1 aromatic heterocycles. The number of sulfonamides is 1. The Morgan fingerprint density at radius 2 is 1.76 bits per heavy atom. The molecular weight excluding hydrogens is 476 g/mol. The molecule has 0 aliphatic heterocycles. The molecular formula is C19H19BrN4O3S2. The number of carbonyl (C=O) groups is 1. The molecule has 3 aromatic rings. The Labute approximate surface area is 181 Å². The number of rotatable bonds is 8. The van der Waals surface area contributed by atoms with E-state index in [1.54, 1.807) is 24.3 Å². The Kier molecular flexibility index (Phi) is 7.12. The number of aromatic nitrogens is 2. The third kappa shape index (κ3) is 6.43. The highest BCUT2D eigenvalue weighted by Crippen LogP contribution is 2.17. The van der Waals surface area contributed by atoms with E-state index in [2.05, 4.69) is 36.2 Å². The van der Waals surface area contributed by atoms with Crippen LogP contribution >= 0.6 is 27.3 Å². The van der Waals surface area contributed by atoms with Gasteiger partial charge in [-0.25, -0.2) is 13.1 Å². The van der Waals surface area contributed by atoms with Crippen LogP contribution in [0.1, 0.15) is 16.1 Å². The lowest BCUT2D eigenvalue weighted by Crippen LogP contribution is -2.25. The molecule has 0 unspecified atom stereocenters. The van der Waals surface area contributed by atoms with E-state index in [1.165, 1.54) is 11.3 Å². The summed E-state index contributed by atoms with van der Waals surface area (Å²) in [5, 5.41) is 11.7. The minimum Gasteiger partial charge on any atom is -0.300 e. The van der Waals surface area contributed by atoms with Crippen LogP contribution in [0.25, 0.3) is 0 Å². The molecule has 1 heterocycles. The number of carbonyl (C=O) groups excluding carboxylic acids is 1. The number of aryl methyl sites for hydroxylation is 1. The van der Waals surface area contributed by atoms with Crippen LogP contribution in [-0.4, -0.2) is 31.1 Å². The first-order chi connectivity index (χ1) is 13.8. The quantitative estimate of drug-likeness (QED) is 0.500. The second-order valence-corrected chi connectivity index (χ2v) is 10.1. The molecule has 10 heteroatoms. The van der Waals surface area contributed by atoms with Crippen LogP contribution in [0, 0.1) is 6.92 Å². The van der Waals surface area contributed by atoms with Crippen LogP contribution in [0.5, 0.6) is 0 Å². The first-order valence-corrected chi connectivity index (χ1v) is 11.8. The zero-order chi connectivity index (χ0) is 20.9. The highest BCUT2D eigenvalue weighted by atomic mass is 79.9. The second kappa shape index (κ2) is 9.57. The van der Waals surface area contributed by atoms with Crippen molar-refractivity contribution in [1.29, 1.82) is 0 Å². The Morgan fingerprint density at radius 1 is 1.07 bits per heavy atom. The smallest absolute Gasteiger partial charge is 0.240 e. The van der Waals surface area contributed by atoms with Crippen molar-refractivity contribution in [2.24, 2.45) is 0 Å². The predicted molar refractivity (Wildman–Crippen MR) is 116 cm³/mol. The number of nitrogens with one attached hydrogen (secondary N) is 2. The van der Waals surface area contributed by atoms with E-state index in [-0.39, 0.29) is 23.8 Å². The first kappa shape index (κ1) is 21.6. The summed E-state index contributed by atoms with van der Waals surface area (Å²) >= 11 is 4.58. The van der Waals surface area contributed by atoms with Gasteiger partial charge < -0.3 is 5.32 Å². The minimum absolute atomic E-state index is 0.185. The average molecular weight is 495 g/mol. The highest BCUT2D eigenvalue weighted by molar-refractivity contribution is 9.10. The van der Waals surface area contributed by atoms with E-state index in [0.29, 0.717) is 16.6 Å². The Balaban J connectivity index is 1.49. The van der Waals surface area contributed by atoms with Crippen LogP contribution in [-0.2, 0) is 27.7 Å². The summed E-state index contributed by atoms with van der Waals surface area (Å²) in [7, 11) is -3.56. The van der Waals surface area contributed by atoms with Crippen molar-refractivity contribution in [2.75, 3.05) is 11.9 Å². The topological polar surface area (TPSA) is 101 Å². The largest absolute Gasteiger partial charge is 0.300 e. The van der Waals surface area contributed by atoms with Gasteiger partial charge in [-0.2, -0.15) is 0 Å². The van der Waals surface area contributed by atoms with E-state index in [4.69, 9.17) is 0 Å². The molecule has 7 nitrogen and oxygen atoms in total. The molecule has 0 saturated heterocycles. The van der Waals surface area contributed by atoms with E-state index in [9.17, 15) is 13.2 Å². The monoisotopic (exact) mass is 494 g/mol. The summed E-state index contributed by atoms with van der Waals surface area (Å²) in [4.78, 5) is 12.4. The second-order valence-electron chi connectivity index (χ2n) is 6.31. The van der Waals surface area contributed by atoms with Crippen molar-refractivity contribution in [3.05, 3.63) is 69.1 Å². The molecule has 152 valence electrons. The third-order valence-electron chi connectivity index (χ3n) is 3.95. The number of nitrogens with zero attached hydrogens (tertiary/aromatic N) is 2. The first-order valence-electron chi connectivity index (χ1n) is 8.75. The van der Waals surface area contributed by atoms with Crippen LogP contribution in [0.4, 0.5) is 5.13 Å². The molecule has 0 aliphatic rings. The van der Waals surface area contributed by atoms with Crippen molar-refractivity contribution >= 4 is 48.3 Å². The number of benzene rings is 2. The third-order valence-corrected chi connectivity index (χ3v) is 6.86. The fraction of sp³-hybridized carbons (Fsp3) is 0.211. The summed E-state index contributed by atoms with van der Waals surface area (Å²) in [6.45, 7) is 2.09. The van der Waals surface area contributed by atoms with Crippen LogP contribution in [0.3, 0.4) is 0 Å². The van der Waals surface area contributed by atoms with Crippen molar-refractivity contribution in [3.8, 4) is 0 Å².